The summed E-state index contributed by atoms with van der Waals surface area (Å²) in [7, 11) is -1.64. The van der Waals surface area contributed by atoms with E-state index in [-0.39, 0.29) is 62.4 Å². The van der Waals surface area contributed by atoms with Crippen LogP contribution in [0.5, 0.6) is 0 Å². The number of amides is 3. The monoisotopic (exact) mass is 570 g/mol. The molecule has 200 valence electrons. The first-order chi connectivity index (χ1) is 17.4. The van der Waals surface area contributed by atoms with Gasteiger partial charge in [0.1, 0.15) is 5.82 Å². The fraction of sp³-hybridized carbons (Fsp3) is 0.440. The Morgan fingerprint density at radius 1 is 0.973 bits per heavy atom. The molecule has 0 spiro atoms. The number of halogens is 3. The van der Waals surface area contributed by atoms with Crippen molar-refractivity contribution >= 4 is 45.2 Å². The normalized spacial score (nSPS) is 20.8. The number of urea groups is 1. The lowest BCUT2D eigenvalue weighted by Gasteiger charge is -2.35. The average Bonchev–Trinajstić information content (AvgIpc) is 3.31. The van der Waals surface area contributed by atoms with Crippen LogP contribution in [0.15, 0.2) is 36.4 Å². The maximum atomic E-state index is 13.8. The number of likely N-dealkylation sites (N-methyl/N-ethyl adjacent to an activating group) is 1. The van der Waals surface area contributed by atoms with Crippen molar-refractivity contribution in [2.24, 2.45) is 0 Å². The second-order valence-corrected chi connectivity index (χ2v) is 12.4. The molecule has 2 aliphatic heterocycles. The van der Waals surface area contributed by atoms with Crippen LogP contribution in [-0.2, 0) is 10.0 Å². The summed E-state index contributed by atoms with van der Waals surface area (Å²) in [4.78, 5) is 31.7. The predicted octanol–water partition coefficient (Wildman–Crippen LogP) is 3.68. The van der Waals surface area contributed by atoms with Crippen molar-refractivity contribution in [3.63, 3.8) is 0 Å². The van der Waals surface area contributed by atoms with Crippen LogP contribution < -0.4 is 0 Å². The van der Waals surface area contributed by atoms with Crippen LogP contribution in [0.3, 0.4) is 0 Å². The van der Waals surface area contributed by atoms with Crippen molar-refractivity contribution in [3.05, 3.63) is 69.0 Å². The van der Waals surface area contributed by atoms with E-state index in [9.17, 15) is 22.4 Å². The predicted molar refractivity (Wildman–Crippen MR) is 141 cm³/mol. The summed E-state index contributed by atoms with van der Waals surface area (Å²) >= 11 is 12.4. The third-order valence-corrected chi connectivity index (χ3v) is 9.17. The summed E-state index contributed by atoms with van der Waals surface area (Å²) in [6.45, 7) is 3.26. The van der Waals surface area contributed by atoms with E-state index in [1.165, 1.54) is 22.5 Å². The molecule has 8 nitrogen and oxygen atoms in total. The summed E-state index contributed by atoms with van der Waals surface area (Å²) in [5.74, 6) is -0.915. The fourth-order valence-electron chi connectivity index (χ4n) is 4.95. The SMILES string of the molecule is Cc1cc(C(=O)N(C)[C@@H]2CN(C(=O)N3CCN(S(C)(=O)=O)CC3)CC2c2ccc(Cl)c(Cl)c2)ccc1F. The highest BCUT2D eigenvalue weighted by molar-refractivity contribution is 7.88. The van der Waals surface area contributed by atoms with E-state index < -0.39 is 10.0 Å². The van der Waals surface area contributed by atoms with Gasteiger partial charge >= 0.3 is 6.03 Å². The minimum atomic E-state index is -3.32. The van der Waals surface area contributed by atoms with Crippen molar-refractivity contribution in [2.75, 3.05) is 52.6 Å². The fourth-order valence-corrected chi connectivity index (χ4v) is 6.08. The highest BCUT2D eigenvalue weighted by Crippen LogP contribution is 2.35. The zero-order valence-corrected chi connectivity index (χ0v) is 23.2. The topological polar surface area (TPSA) is 81.2 Å². The van der Waals surface area contributed by atoms with Crippen LogP contribution in [-0.4, -0.2) is 98.0 Å². The number of carbonyl (C=O) groups excluding carboxylic acids is 2. The molecular formula is C25H29Cl2FN4O4S. The number of hydrogen-bond acceptors (Lipinski definition) is 4. The van der Waals surface area contributed by atoms with E-state index in [1.54, 1.807) is 40.8 Å². The van der Waals surface area contributed by atoms with Gasteiger partial charge in [0.2, 0.25) is 10.0 Å². The van der Waals surface area contributed by atoms with E-state index in [0.29, 0.717) is 27.7 Å². The molecule has 0 bridgehead atoms. The number of sulfonamides is 1. The molecule has 0 radical (unpaired) electrons. The molecule has 0 saturated carbocycles. The molecule has 2 heterocycles. The number of benzene rings is 2. The molecule has 2 aliphatic rings. The first-order valence-corrected chi connectivity index (χ1v) is 14.4. The van der Waals surface area contributed by atoms with Gasteiger partial charge in [0, 0.05) is 57.8 Å². The molecule has 4 rings (SSSR count). The van der Waals surface area contributed by atoms with Gasteiger partial charge in [0.25, 0.3) is 5.91 Å². The minimum Gasteiger partial charge on any atom is -0.336 e. The molecule has 2 fully saturated rings. The summed E-state index contributed by atoms with van der Waals surface area (Å²) in [6, 6.07) is 8.93. The van der Waals surface area contributed by atoms with Crippen molar-refractivity contribution < 1.29 is 22.4 Å². The van der Waals surface area contributed by atoms with Gasteiger partial charge < -0.3 is 14.7 Å². The zero-order chi connectivity index (χ0) is 27.1. The Balaban J connectivity index is 1.58. The van der Waals surface area contributed by atoms with Gasteiger partial charge in [0.05, 0.1) is 22.3 Å². The second-order valence-electron chi connectivity index (χ2n) is 9.56. The van der Waals surface area contributed by atoms with E-state index in [2.05, 4.69) is 0 Å². The van der Waals surface area contributed by atoms with Crippen molar-refractivity contribution in [2.45, 2.75) is 18.9 Å². The van der Waals surface area contributed by atoms with Crippen LogP contribution in [0, 0.1) is 12.7 Å². The number of aryl methyl sites for hydroxylation is 1. The standard InChI is InChI=1S/C25H29Cl2FN4O4S/c1-16-12-18(5-7-22(16)28)24(33)29(2)23-15-31(14-19(23)17-4-6-20(26)21(27)13-17)25(34)30-8-10-32(11-9-30)37(3,35)36/h4-7,12-13,19,23H,8-11,14-15H2,1-3H3/t19?,23-/m1/s1. The second kappa shape index (κ2) is 10.8. The number of piperazine rings is 1. The van der Waals surface area contributed by atoms with E-state index in [4.69, 9.17) is 23.2 Å². The Labute approximate surface area is 226 Å². The lowest BCUT2D eigenvalue weighted by Crippen LogP contribution is -2.53. The lowest BCUT2D eigenvalue weighted by atomic mass is 9.93. The Bertz CT molecular complexity index is 1320. The molecule has 12 heteroatoms. The molecule has 37 heavy (non-hydrogen) atoms. The summed E-state index contributed by atoms with van der Waals surface area (Å²) in [5, 5.41) is 0.783. The molecule has 3 amide bonds. The van der Waals surface area contributed by atoms with Gasteiger partial charge in [-0.05, 0) is 48.4 Å². The van der Waals surface area contributed by atoms with Crippen LogP contribution in [0.1, 0.15) is 27.4 Å². The quantitative estimate of drug-likeness (QED) is 0.561. The van der Waals surface area contributed by atoms with Gasteiger partial charge in [0.15, 0.2) is 0 Å². The number of rotatable bonds is 4. The van der Waals surface area contributed by atoms with E-state index >= 15 is 0 Å². The Hall–Kier alpha value is -2.40. The summed E-state index contributed by atoms with van der Waals surface area (Å²) < 4.78 is 38.8. The largest absolute Gasteiger partial charge is 0.336 e. The minimum absolute atomic E-state index is 0.209. The first kappa shape index (κ1) is 27.6. The first-order valence-electron chi connectivity index (χ1n) is 11.8. The van der Waals surface area contributed by atoms with Gasteiger partial charge in [-0.1, -0.05) is 29.3 Å². The molecule has 1 unspecified atom stereocenters. The Morgan fingerprint density at radius 3 is 2.24 bits per heavy atom. The van der Waals surface area contributed by atoms with Gasteiger partial charge in [-0.2, -0.15) is 4.31 Å². The molecular weight excluding hydrogens is 542 g/mol. The molecule has 2 saturated heterocycles. The third-order valence-electron chi connectivity index (χ3n) is 7.13. The van der Waals surface area contributed by atoms with Crippen molar-refractivity contribution in [1.82, 2.24) is 19.0 Å². The van der Waals surface area contributed by atoms with E-state index in [1.807, 2.05) is 6.07 Å². The lowest BCUT2D eigenvalue weighted by molar-refractivity contribution is 0.0723. The maximum Gasteiger partial charge on any atom is 0.320 e. The molecule has 0 aromatic heterocycles. The van der Waals surface area contributed by atoms with Crippen molar-refractivity contribution in [1.29, 1.82) is 0 Å². The zero-order valence-electron chi connectivity index (χ0n) is 20.8. The molecule has 0 aliphatic carbocycles. The van der Waals surface area contributed by atoms with Crippen LogP contribution >= 0.6 is 23.2 Å². The van der Waals surface area contributed by atoms with E-state index in [0.717, 1.165) is 11.8 Å². The van der Waals surface area contributed by atoms with Crippen LogP contribution in [0.25, 0.3) is 0 Å². The molecule has 2 atom stereocenters. The van der Waals surface area contributed by atoms with Gasteiger partial charge in [-0.3, -0.25) is 4.79 Å². The van der Waals surface area contributed by atoms with Crippen LogP contribution in [0.4, 0.5) is 9.18 Å². The number of hydrogen-bond donors (Lipinski definition) is 0. The Kier molecular flexibility index (Phi) is 8.04. The maximum absolute atomic E-state index is 13.8. The number of nitrogens with zero attached hydrogens (tertiary/aromatic N) is 4. The average molecular weight is 572 g/mol. The van der Waals surface area contributed by atoms with Gasteiger partial charge in [-0.25, -0.2) is 17.6 Å². The third kappa shape index (κ3) is 5.87. The molecule has 2 aromatic rings. The smallest absolute Gasteiger partial charge is 0.320 e. The highest BCUT2D eigenvalue weighted by Gasteiger charge is 2.42. The van der Waals surface area contributed by atoms with Gasteiger partial charge in [-0.15, -0.1) is 0 Å². The van der Waals surface area contributed by atoms with Crippen molar-refractivity contribution in [3.8, 4) is 0 Å². The summed E-state index contributed by atoms with van der Waals surface area (Å²) in [5.41, 5.74) is 1.57. The van der Waals surface area contributed by atoms with Crippen LogP contribution in [0.2, 0.25) is 10.0 Å². The number of carbonyl (C=O) groups is 2. The highest BCUT2D eigenvalue weighted by atomic mass is 35.5. The Morgan fingerprint density at radius 2 is 1.65 bits per heavy atom. The summed E-state index contributed by atoms with van der Waals surface area (Å²) in [6.07, 6.45) is 1.16. The number of likely N-dealkylation sites (tertiary alicyclic amines) is 1. The molecule has 0 N–H and O–H groups in total. The molecule has 2 aromatic carbocycles.